The first-order chi connectivity index (χ1) is 6.24. The van der Waals surface area contributed by atoms with Gasteiger partial charge in [0, 0.05) is 6.20 Å². The summed E-state index contributed by atoms with van der Waals surface area (Å²) in [5.41, 5.74) is 2.32. The van der Waals surface area contributed by atoms with Gasteiger partial charge in [0.15, 0.2) is 0 Å². The lowest BCUT2D eigenvalue weighted by Gasteiger charge is -2.03. The number of pyridine rings is 1. The van der Waals surface area contributed by atoms with Crippen molar-refractivity contribution in [2.45, 2.75) is 27.7 Å². The van der Waals surface area contributed by atoms with Gasteiger partial charge in [0.2, 0.25) is 0 Å². The Morgan fingerprint density at radius 1 is 1.38 bits per heavy atom. The Morgan fingerprint density at radius 3 is 2.46 bits per heavy atom. The summed E-state index contributed by atoms with van der Waals surface area (Å²) in [5, 5.41) is 2.96. The number of anilines is 1. The van der Waals surface area contributed by atoms with Crippen LogP contribution in [0, 0.1) is 13.8 Å². The molecular weight excluding hydrogens is 160 g/mol. The molecule has 1 aromatic heterocycles. The van der Waals surface area contributed by atoms with Gasteiger partial charge in [-0.15, -0.1) is 0 Å². The minimum absolute atomic E-state index is 0.880. The fraction of sp³-hybridized carbons (Fsp3) is 0.364. The fourth-order valence-electron chi connectivity index (χ4n) is 0.963. The third-order valence-corrected chi connectivity index (χ3v) is 1.45. The molecule has 1 N–H and O–H groups in total. The Kier molecular flexibility index (Phi) is 5.60. The van der Waals surface area contributed by atoms with Gasteiger partial charge in [0.1, 0.15) is 5.82 Å². The first-order valence-corrected chi connectivity index (χ1v) is 4.54. The molecule has 2 nitrogen and oxygen atoms in total. The Labute approximate surface area is 80.7 Å². The van der Waals surface area contributed by atoms with Crippen LogP contribution >= 0.6 is 0 Å². The molecule has 0 atom stereocenters. The van der Waals surface area contributed by atoms with E-state index in [-0.39, 0.29) is 0 Å². The van der Waals surface area contributed by atoms with Crippen LogP contribution in [0.2, 0.25) is 0 Å². The monoisotopic (exact) mass is 178 g/mol. The summed E-state index contributed by atoms with van der Waals surface area (Å²) in [5.74, 6) is 0.880. The topological polar surface area (TPSA) is 24.9 Å². The van der Waals surface area contributed by atoms with Crippen molar-refractivity contribution >= 4 is 5.82 Å². The molecule has 0 amide bonds. The molecule has 0 radical (unpaired) electrons. The zero-order chi connectivity index (χ0) is 10.3. The summed E-state index contributed by atoms with van der Waals surface area (Å²) in [7, 11) is 0. The molecular formula is C11H18N2. The summed E-state index contributed by atoms with van der Waals surface area (Å²) < 4.78 is 0. The van der Waals surface area contributed by atoms with Gasteiger partial charge in [0.25, 0.3) is 0 Å². The molecule has 13 heavy (non-hydrogen) atoms. The predicted octanol–water partition coefficient (Wildman–Crippen LogP) is 3.28. The van der Waals surface area contributed by atoms with E-state index in [0.717, 1.165) is 11.4 Å². The molecule has 1 rings (SSSR count). The normalized spacial score (nSPS) is 8.31. The number of nitrogens with zero attached hydrogens (tertiary/aromatic N) is 1. The van der Waals surface area contributed by atoms with Crippen LogP contribution in [0.5, 0.6) is 0 Å². The fourth-order valence-corrected chi connectivity index (χ4v) is 0.963. The van der Waals surface area contributed by atoms with E-state index < -0.39 is 0 Å². The first-order valence-electron chi connectivity index (χ1n) is 4.54. The Balaban J connectivity index is 0.000000671. The van der Waals surface area contributed by atoms with Crippen molar-refractivity contribution in [1.82, 2.24) is 4.98 Å². The standard InChI is InChI=1S/C9H12N2.C2H6/c1-4-10-9-8(3)5-7(2)6-11-9;1-2/h4-6H,1H2,2-3H3,(H,10,11);1-2H3. The lowest BCUT2D eigenvalue weighted by atomic mass is 10.2. The van der Waals surface area contributed by atoms with Crippen LogP contribution in [-0.4, -0.2) is 4.98 Å². The number of aromatic nitrogens is 1. The molecule has 0 aliphatic carbocycles. The highest BCUT2D eigenvalue weighted by atomic mass is 15.0. The lowest BCUT2D eigenvalue weighted by molar-refractivity contribution is 1.21. The van der Waals surface area contributed by atoms with Crippen molar-refractivity contribution in [3.63, 3.8) is 0 Å². The van der Waals surface area contributed by atoms with Crippen molar-refractivity contribution in [2.75, 3.05) is 5.32 Å². The van der Waals surface area contributed by atoms with Gasteiger partial charge in [0.05, 0.1) is 0 Å². The van der Waals surface area contributed by atoms with Crippen molar-refractivity contribution in [1.29, 1.82) is 0 Å². The predicted molar refractivity (Wildman–Crippen MR) is 58.9 cm³/mol. The molecule has 1 aromatic rings. The SMILES string of the molecule is C=CNc1ncc(C)cc1C.CC. The van der Waals surface area contributed by atoms with E-state index >= 15 is 0 Å². The van der Waals surface area contributed by atoms with Gasteiger partial charge < -0.3 is 5.32 Å². The van der Waals surface area contributed by atoms with Crippen LogP contribution < -0.4 is 5.32 Å². The Bertz CT molecular complexity index is 267. The highest BCUT2D eigenvalue weighted by molar-refractivity contribution is 5.45. The second kappa shape index (κ2) is 6.23. The van der Waals surface area contributed by atoms with E-state index in [0.29, 0.717) is 0 Å². The van der Waals surface area contributed by atoms with Crippen molar-refractivity contribution in [3.05, 3.63) is 36.2 Å². The van der Waals surface area contributed by atoms with E-state index in [1.165, 1.54) is 5.56 Å². The maximum atomic E-state index is 4.19. The van der Waals surface area contributed by atoms with Gasteiger partial charge in [-0.25, -0.2) is 4.98 Å². The van der Waals surface area contributed by atoms with Crippen LogP contribution in [0.25, 0.3) is 0 Å². The van der Waals surface area contributed by atoms with E-state index in [1.807, 2.05) is 33.9 Å². The Morgan fingerprint density at radius 2 is 2.00 bits per heavy atom. The molecule has 0 saturated carbocycles. The Hall–Kier alpha value is -1.31. The molecule has 0 fully saturated rings. The lowest BCUT2D eigenvalue weighted by Crippen LogP contribution is -1.93. The van der Waals surface area contributed by atoms with Gasteiger partial charge in [-0.2, -0.15) is 0 Å². The van der Waals surface area contributed by atoms with Crippen LogP contribution in [0.3, 0.4) is 0 Å². The third kappa shape index (κ3) is 3.74. The third-order valence-electron chi connectivity index (χ3n) is 1.45. The quantitative estimate of drug-likeness (QED) is 0.751. The van der Waals surface area contributed by atoms with Gasteiger partial charge in [-0.05, 0) is 31.2 Å². The van der Waals surface area contributed by atoms with Gasteiger partial charge >= 0.3 is 0 Å². The second-order valence-corrected chi connectivity index (χ2v) is 2.53. The van der Waals surface area contributed by atoms with Gasteiger partial charge in [-0.3, -0.25) is 0 Å². The van der Waals surface area contributed by atoms with Crippen LogP contribution in [0.4, 0.5) is 5.82 Å². The summed E-state index contributed by atoms with van der Waals surface area (Å²) in [6.45, 7) is 11.6. The molecule has 0 aromatic carbocycles. The minimum atomic E-state index is 0.880. The van der Waals surface area contributed by atoms with Crippen LogP contribution in [0.15, 0.2) is 25.0 Å². The maximum absolute atomic E-state index is 4.19. The molecule has 0 aliphatic heterocycles. The van der Waals surface area contributed by atoms with Crippen molar-refractivity contribution in [3.8, 4) is 0 Å². The zero-order valence-corrected chi connectivity index (χ0v) is 8.89. The molecule has 0 spiro atoms. The molecule has 72 valence electrons. The van der Waals surface area contributed by atoms with Crippen molar-refractivity contribution < 1.29 is 0 Å². The van der Waals surface area contributed by atoms with E-state index in [9.17, 15) is 0 Å². The molecule has 2 heteroatoms. The van der Waals surface area contributed by atoms with Crippen molar-refractivity contribution in [2.24, 2.45) is 0 Å². The molecule has 1 heterocycles. The van der Waals surface area contributed by atoms with Crippen LogP contribution in [-0.2, 0) is 0 Å². The summed E-state index contributed by atoms with van der Waals surface area (Å²) in [6.07, 6.45) is 3.46. The second-order valence-electron chi connectivity index (χ2n) is 2.53. The summed E-state index contributed by atoms with van der Waals surface area (Å²) in [6, 6.07) is 2.08. The number of rotatable bonds is 2. The first kappa shape index (κ1) is 11.7. The average Bonchev–Trinajstić information content (AvgIpc) is 2.14. The molecule has 0 saturated heterocycles. The van der Waals surface area contributed by atoms with E-state index in [1.54, 1.807) is 6.20 Å². The smallest absolute Gasteiger partial charge is 0.132 e. The van der Waals surface area contributed by atoms with Gasteiger partial charge in [-0.1, -0.05) is 26.5 Å². The maximum Gasteiger partial charge on any atom is 0.132 e. The largest absolute Gasteiger partial charge is 0.347 e. The summed E-state index contributed by atoms with van der Waals surface area (Å²) in [4.78, 5) is 4.19. The molecule has 0 bridgehead atoms. The summed E-state index contributed by atoms with van der Waals surface area (Å²) >= 11 is 0. The van der Waals surface area contributed by atoms with E-state index in [2.05, 4.69) is 22.9 Å². The number of hydrogen-bond acceptors (Lipinski definition) is 2. The molecule has 0 unspecified atom stereocenters. The average molecular weight is 178 g/mol. The van der Waals surface area contributed by atoms with E-state index in [4.69, 9.17) is 0 Å². The highest BCUT2D eigenvalue weighted by Gasteiger charge is 1.95. The number of nitrogens with one attached hydrogen (secondary N) is 1. The minimum Gasteiger partial charge on any atom is -0.347 e. The number of hydrogen-bond donors (Lipinski definition) is 1. The zero-order valence-electron chi connectivity index (χ0n) is 8.89. The number of aryl methyl sites for hydroxylation is 2. The molecule has 0 aliphatic rings. The van der Waals surface area contributed by atoms with Crippen LogP contribution in [0.1, 0.15) is 25.0 Å². The highest BCUT2D eigenvalue weighted by Crippen LogP contribution is 2.11.